The van der Waals surface area contributed by atoms with Gasteiger partial charge in [-0.25, -0.2) is 4.39 Å². The number of hydrogen-bond donors (Lipinski definition) is 1. The number of aliphatic hydroxyl groups excluding tert-OH is 1. The van der Waals surface area contributed by atoms with Crippen molar-refractivity contribution in [1.82, 2.24) is 4.90 Å². The van der Waals surface area contributed by atoms with E-state index in [1.807, 2.05) is 6.07 Å². The number of nitrogens with zero attached hydrogens (tertiary/aromatic N) is 3. The highest BCUT2D eigenvalue weighted by Gasteiger charge is 2.32. The first-order valence-corrected chi connectivity index (χ1v) is 8.03. The number of anilines is 1. The van der Waals surface area contributed by atoms with Gasteiger partial charge in [0.15, 0.2) is 6.10 Å². The molecule has 1 aliphatic rings. The fourth-order valence-electron chi connectivity index (χ4n) is 2.88. The van der Waals surface area contributed by atoms with Crippen molar-refractivity contribution in [2.45, 2.75) is 6.10 Å². The molecule has 0 unspecified atom stereocenters. The van der Waals surface area contributed by atoms with Crippen LogP contribution in [0.2, 0.25) is 0 Å². The van der Waals surface area contributed by atoms with Gasteiger partial charge in [0, 0.05) is 13.1 Å². The van der Waals surface area contributed by atoms with Gasteiger partial charge in [-0.1, -0.05) is 24.3 Å². The fraction of sp³-hybridized carbons (Fsp3) is 0.211. The second kappa shape index (κ2) is 7.33. The van der Waals surface area contributed by atoms with Crippen LogP contribution in [0, 0.1) is 17.1 Å². The molecular formula is C19H16FN3O3. The summed E-state index contributed by atoms with van der Waals surface area (Å²) in [5, 5.41) is 19.4. The molecule has 1 aliphatic heterocycles. The van der Waals surface area contributed by atoms with Crippen LogP contribution in [0.15, 0.2) is 48.5 Å². The van der Waals surface area contributed by atoms with Crippen LogP contribution in [0.4, 0.5) is 10.1 Å². The molecule has 3 rings (SSSR count). The summed E-state index contributed by atoms with van der Waals surface area (Å²) in [7, 11) is 0. The van der Waals surface area contributed by atoms with Crippen LogP contribution < -0.4 is 4.90 Å². The minimum absolute atomic E-state index is 0.198. The summed E-state index contributed by atoms with van der Waals surface area (Å²) < 4.78 is 13.0. The van der Waals surface area contributed by atoms with Crippen LogP contribution in [0.25, 0.3) is 0 Å². The Morgan fingerprint density at radius 2 is 1.85 bits per heavy atom. The average Bonchev–Trinajstić information content (AvgIpc) is 2.67. The molecule has 2 amide bonds. The van der Waals surface area contributed by atoms with Gasteiger partial charge in [0.05, 0.1) is 11.3 Å². The summed E-state index contributed by atoms with van der Waals surface area (Å²) in [5.41, 5.74) is 1.15. The topological polar surface area (TPSA) is 84.6 Å². The third-order valence-corrected chi connectivity index (χ3v) is 4.27. The van der Waals surface area contributed by atoms with Crippen molar-refractivity contribution in [3.8, 4) is 6.07 Å². The SMILES string of the molecule is N#Cc1ccccc1N1CCN(C(=O)[C@@H](O)c2ccc(F)cc2)CC1=O. The Kier molecular flexibility index (Phi) is 4.96. The molecule has 6 nitrogen and oxygen atoms in total. The van der Waals surface area contributed by atoms with Crippen molar-refractivity contribution in [2.75, 3.05) is 24.5 Å². The third kappa shape index (κ3) is 3.41. The van der Waals surface area contributed by atoms with Gasteiger partial charge in [-0.2, -0.15) is 5.26 Å². The monoisotopic (exact) mass is 353 g/mol. The number of nitriles is 1. The van der Waals surface area contributed by atoms with E-state index in [1.54, 1.807) is 24.3 Å². The molecule has 2 aromatic rings. The standard InChI is InChI=1S/C19H16FN3O3/c20-15-7-5-13(6-8-15)18(25)19(26)22-9-10-23(17(24)12-22)16-4-2-1-3-14(16)11-21/h1-8,18,25H,9-10,12H2/t18-/m0/s1. The van der Waals surface area contributed by atoms with Crippen LogP contribution in [-0.4, -0.2) is 41.5 Å². The minimum Gasteiger partial charge on any atom is -0.378 e. The van der Waals surface area contributed by atoms with Gasteiger partial charge in [-0.3, -0.25) is 9.59 Å². The minimum atomic E-state index is -1.46. The molecule has 0 bridgehead atoms. The van der Waals surface area contributed by atoms with Crippen molar-refractivity contribution in [3.63, 3.8) is 0 Å². The van der Waals surface area contributed by atoms with E-state index >= 15 is 0 Å². The average molecular weight is 353 g/mol. The molecular weight excluding hydrogens is 337 g/mol. The molecule has 1 fully saturated rings. The number of benzene rings is 2. The Hall–Kier alpha value is -3.24. The zero-order valence-electron chi connectivity index (χ0n) is 13.8. The molecule has 0 radical (unpaired) electrons. The van der Waals surface area contributed by atoms with E-state index in [0.29, 0.717) is 11.3 Å². The summed E-state index contributed by atoms with van der Waals surface area (Å²) in [6.07, 6.45) is -1.46. The molecule has 0 aromatic heterocycles. The maximum absolute atomic E-state index is 13.0. The highest BCUT2D eigenvalue weighted by atomic mass is 19.1. The fourth-order valence-corrected chi connectivity index (χ4v) is 2.88. The maximum atomic E-state index is 13.0. The van der Waals surface area contributed by atoms with Gasteiger partial charge >= 0.3 is 0 Å². The lowest BCUT2D eigenvalue weighted by molar-refractivity contribution is -0.144. The van der Waals surface area contributed by atoms with E-state index in [9.17, 15) is 24.3 Å². The number of aliphatic hydroxyl groups is 1. The first kappa shape index (κ1) is 17.6. The number of carbonyl (C=O) groups is 2. The normalized spacial score (nSPS) is 15.5. The van der Waals surface area contributed by atoms with Gasteiger partial charge < -0.3 is 14.9 Å². The van der Waals surface area contributed by atoms with E-state index in [2.05, 4.69) is 0 Å². The molecule has 7 heteroatoms. The van der Waals surface area contributed by atoms with E-state index in [-0.39, 0.29) is 31.1 Å². The van der Waals surface area contributed by atoms with E-state index in [4.69, 9.17) is 0 Å². The lowest BCUT2D eigenvalue weighted by Crippen LogP contribution is -2.53. The lowest BCUT2D eigenvalue weighted by atomic mass is 10.1. The number of piperazine rings is 1. The first-order valence-electron chi connectivity index (χ1n) is 8.03. The number of para-hydroxylation sites is 1. The van der Waals surface area contributed by atoms with Crippen molar-refractivity contribution < 1.29 is 19.1 Å². The van der Waals surface area contributed by atoms with Gasteiger partial charge in [0.2, 0.25) is 5.91 Å². The number of rotatable bonds is 3. The van der Waals surface area contributed by atoms with Gasteiger partial charge in [0.1, 0.15) is 18.4 Å². The van der Waals surface area contributed by atoms with Crippen molar-refractivity contribution in [1.29, 1.82) is 5.26 Å². The Balaban J connectivity index is 1.72. The molecule has 2 aromatic carbocycles. The highest BCUT2D eigenvalue weighted by molar-refractivity contribution is 5.99. The summed E-state index contributed by atoms with van der Waals surface area (Å²) in [5.74, 6) is -1.41. The zero-order valence-corrected chi connectivity index (χ0v) is 13.8. The number of carbonyl (C=O) groups excluding carboxylic acids is 2. The molecule has 26 heavy (non-hydrogen) atoms. The number of amides is 2. The Bertz CT molecular complexity index is 876. The summed E-state index contributed by atoms with van der Waals surface area (Å²) in [6.45, 7) is 0.249. The van der Waals surface area contributed by atoms with Crippen LogP contribution in [0.1, 0.15) is 17.2 Å². The summed E-state index contributed by atoms with van der Waals surface area (Å²) >= 11 is 0. The Morgan fingerprint density at radius 3 is 2.50 bits per heavy atom. The second-order valence-electron chi connectivity index (χ2n) is 5.89. The largest absolute Gasteiger partial charge is 0.378 e. The Morgan fingerprint density at radius 1 is 1.15 bits per heavy atom. The smallest absolute Gasteiger partial charge is 0.256 e. The van der Waals surface area contributed by atoms with E-state index < -0.39 is 17.8 Å². The highest BCUT2D eigenvalue weighted by Crippen LogP contribution is 2.23. The predicted octanol–water partition coefficient (Wildman–Crippen LogP) is 1.61. The first-order chi connectivity index (χ1) is 12.5. The Labute approximate surface area is 149 Å². The van der Waals surface area contributed by atoms with Crippen LogP contribution in [-0.2, 0) is 9.59 Å². The quantitative estimate of drug-likeness (QED) is 0.908. The maximum Gasteiger partial charge on any atom is 0.256 e. The van der Waals surface area contributed by atoms with E-state index in [1.165, 1.54) is 21.9 Å². The molecule has 0 spiro atoms. The van der Waals surface area contributed by atoms with Gasteiger partial charge in [-0.05, 0) is 29.8 Å². The van der Waals surface area contributed by atoms with Gasteiger partial charge in [0.25, 0.3) is 5.91 Å². The van der Waals surface area contributed by atoms with Gasteiger partial charge in [-0.15, -0.1) is 0 Å². The van der Waals surface area contributed by atoms with Crippen molar-refractivity contribution in [3.05, 3.63) is 65.5 Å². The van der Waals surface area contributed by atoms with Crippen molar-refractivity contribution in [2.24, 2.45) is 0 Å². The zero-order chi connectivity index (χ0) is 18.7. The van der Waals surface area contributed by atoms with Crippen LogP contribution in [0.3, 0.4) is 0 Å². The third-order valence-electron chi connectivity index (χ3n) is 4.27. The van der Waals surface area contributed by atoms with Crippen molar-refractivity contribution >= 4 is 17.5 Å². The molecule has 0 saturated carbocycles. The molecule has 0 aliphatic carbocycles. The number of hydrogen-bond acceptors (Lipinski definition) is 4. The molecule has 1 heterocycles. The molecule has 1 saturated heterocycles. The molecule has 1 atom stereocenters. The lowest BCUT2D eigenvalue weighted by Gasteiger charge is -2.35. The van der Waals surface area contributed by atoms with Crippen LogP contribution >= 0.6 is 0 Å². The number of halogens is 1. The summed E-state index contributed by atoms with van der Waals surface area (Å²) in [4.78, 5) is 27.7. The molecule has 132 valence electrons. The second-order valence-corrected chi connectivity index (χ2v) is 5.89. The summed E-state index contributed by atoms with van der Waals surface area (Å²) in [6, 6.07) is 13.8. The molecule has 1 N–H and O–H groups in total. The van der Waals surface area contributed by atoms with E-state index in [0.717, 1.165) is 12.1 Å². The van der Waals surface area contributed by atoms with Crippen LogP contribution in [0.5, 0.6) is 0 Å². The predicted molar refractivity (Wildman–Crippen MR) is 91.4 cm³/mol.